The number of benzene rings is 2. The lowest BCUT2D eigenvalue weighted by molar-refractivity contribution is -0.384. The molecule has 0 saturated heterocycles. The third kappa shape index (κ3) is 6.61. The number of unbranched alkanes of at least 4 members (excludes halogenated alkanes) is 4. The van der Waals surface area contributed by atoms with Crippen LogP contribution in [0.1, 0.15) is 57.9 Å². The van der Waals surface area contributed by atoms with Crippen molar-refractivity contribution in [2.75, 3.05) is 0 Å². The second-order valence-electron chi connectivity index (χ2n) is 6.69. The Hall–Kier alpha value is -3.02. The first-order chi connectivity index (χ1) is 13.5. The highest BCUT2D eigenvalue weighted by Gasteiger charge is 2.07. The van der Waals surface area contributed by atoms with E-state index in [1.807, 2.05) is 24.3 Å². The summed E-state index contributed by atoms with van der Waals surface area (Å²) in [6.45, 7) is 3.94. The molecule has 0 radical (unpaired) electrons. The summed E-state index contributed by atoms with van der Waals surface area (Å²) < 4.78 is 0. The Morgan fingerprint density at radius 1 is 0.964 bits per heavy atom. The van der Waals surface area contributed by atoms with Gasteiger partial charge in [0, 0.05) is 18.6 Å². The van der Waals surface area contributed by atoms with E-state index in [1.165, 1.54) is 25.0 Å². The van der Waals surface area contributed by atoms with Crippen molar-refractivity contribution in [3.05, 3.63) is 64.2 Å². The lowest BCUT2D eigenvalue weighted by Gasteiger charge is -2.05. The molecule has 2 aromatic rings. The Bertz CT molecular complexity index is 811. The number of hydrogen-bond acceptors (Lipinski definition) is 5. The van der Waals surface area contributed by atoms with E-state index in [-0.39, 0.29) is 11.7 Å². The maximum Gasteiger partial charge on any atom is 0.335 e. The largest absolute Gasteiger partial charge is 0.335 e. The highest BCUT2D eigenvalue weighted by atomic mass is 16.7. The van der Waals surface area contributed by atoms with E-state index in [9.17, 15) is 14.9 Å². The first-order valence-electron chi connectivity index (χ1n) is 9.61. The summed E-state index contributed by atoms with van der Waals surface area (Å²) in [6.07, 6.45) is 5.78. The number of hydrogen-bond donors (Lipinski definition) is 0. The highest BCUT2D eigenvalue weighted by molar-refractivity contribution is 5.99. The summed E-state index contributed by atoms with van der Waals surface area (Å²) in [5.74, 6) is -0.307. The average molecular weight is 382 g/mol. The Morgan fingerprint density at radius 2 is 1.54 bits per heavy atom. The van der Waals surface area contributed by atoms with Crippen LogP contribution in [0.2, 0.25) is 0 Å². The van der Waals surface area contributed by atoms with E-state index in [2.05, 4.69) is 12.1 Å². The zero-order valence-corrected chi connectivity index (χ0v) is 16.4. The van der Waals surface area contributed by atoms with Crippen LogP contribution in [0, 0.1) is 10.1 Å². The number of rotatable bonds is 10. The molecule has 2 rings (SSSR count). The zero-order valence-electron chi connectivity index (χ0n) is 16.4. The molecule has 0 aromatic heterocycles. The van der Waals surface area contributed by atoms with Crippen molar-refractivity contribution >= 4 is 17.4 Å². The summed E-state index contributed by atoms with van der Waals surface area (Å²) in [7, 11) is 0. The van der Waals surface area contributed by atoms with E-state index in [1.54, 1.807) is 19.1 Å². The SMILES string of the molecule is CCCCCCCC(=O)O/N=C(\C)c1ccc(-c2ccc([N+](=O)[O-])cc2)cc1. The number of nitrogens with zero attached hydrogens (tertiary/aromatic N) is 2. The van der Waals surface area contributed by atoms with Gasteiger partial charge in [0.05, 0.1) is 10.6 Å². The molecule has 0 amide bonds. The standard InChI is InChI=1S/C22H26N2O4/c1-3-4-5-6-7-8-22(25)28-23-17(2)18-9-11-19(12-10-18)20-13-15-21(16-14-20)24(26)27/h9-16H,3-8H2,1-2H3/b23-17+. The van der Waals surface area contributed by atoms with E-state index < -0.39 is 4.92 Å². The molecular weight excluding hydrogens is 356 g/mol. The third-order valence-electron chi connectivity index (χ3n) is 4.48. The lowest BCUT2D eigenvalue weighted by atomic mass is 10.0. The van der Waals surface area contributed by atoms with Crippen LogP contribution in [-0.2, 0) is 9.63 Å². The summed E-state index contributed by atoms with van der Waals surface area (Å²) >= 11 is 0. The third-order valence-corrected chi connectivity index (χ3v) is 4.48. The fourth-order valence-corrected chi connectivity index (χ4v) is 2.77. The minimum atomic E-state index is -0.417. The van der Waals surface area contributed by atoms with Crippen LogP contribution in [0.5, 0.6) is 0 Å². The van der Waals surface area contributed by atoms with Crippen LogP contribution in [0.25, 0.3) is 11.1 Å². The predicted molar refractivity (Wildman–Crippen MR) is 110 cm³/mol. The molecule has 0 atom stereocenters. The molecule has 6 nitrogen and oxygen atoms in total. The molecule has 0 bridgehead atoms. The van der Waals surface area contributed by atoms with Crippen LogP contribution in [-0.4, -0.2) is 16.6 Å². The molecule has 0 aliphatic carbocycles. The van der Waals surface area contributed by atoms with E-state index in [0.717, 1.165) is 36.0 Å². The summed E-state index contributed by atoms with van der Waals surface area (Å²) in [4.78, 5) is 27.1. The first-order valence-corrected chi connectivity index (χ1v) is 9.61. The Kier molecular flexibility index (Phi) is 8.34. The molecule has 6 heteroatoms. The van der Waals surface area contributed by atoms with Crippen molar-refractivity contribution < 1.29 is 14.6 Å². The van der Waals surface area contributed by atoms with Crippen molar-refractivity contribution in [2.45, 2.75) is 52.4 Å². The predicted octanol–water partition coefficient (Wildman–Crippen LogP) is 5.89. The van der Waals surface area contributed by atoms with Crippen LogP contribution < -0.4 is 0 Å². The molecule has 148 valence electrons. The Labute approximate surface area is 165 Å². The smallest absolute Gasteiger partial charge is 0.318 e. The van der Waals surface area contributed by atoms with Gasteiger partial charge >= 0.3 is 5.97 Å². The van der Waals surface area contributed by atoms with Gasteiger partial charge in [-0.15, -0.1) is 0 Å². The van der Waals surface area contributed by atoms with Gasteiger partial charge in [0.1, 0.15) is 0 Å². The highest BCUT2D eigenvalue weighted by Crippen LogP contribution is 2.23. The van der Waals surface area contributed by atoms with Gasteiger partial charge in [-0.25, -0.2) is 4.79 Å². The Morgan fingerprint density at radius 3 is 2.11 bits per heavy atom. The minimum Gasteiger partial charge on any atom is -0.318 e. The van der Waals surface area contributed by atoms with Gasteiger partial charge in [-0.1, -0.05) is 62.0 Å². The van der Waals surface area contributed by atoms with Crippen molar-refractivity contribution in [2.24, 2.45) is 5.16 Å². The monoisotopic (exact) mass is 382 g/mol. The normalized spacial score (nSPS) is 11.3. The van der Waals surface area contributed by atoms with Gasteiger partial charge in [0.15, 0.2) is 0 Å². The number of nitro benzene ring substituents is 1. The van der Waals surface area contributed by atoms with Crippen molar-refractivity contribution in [1.82, 2.24) is 0 Å². The second-order valence-corrected chi connectivity index (χ2v) is 6.69. The molecule has 0 fully saturated rings. The maximum atomic E-state index is 11.7. The molecule has 0 aliphatic heterocycles. The summed E-state index contributed by atoms with van der Waals surface area (Å²) in [6, 6.07) is 14.0. The van der Waals surface area contributed by atoms with Gasteiger partial charge in [-0.3, -0.25) is 10.1 Å². The molecule has 0 spiro atoms. The van der Waals surface area contributed by atoms with Gasteiger partial charge in [-0.05, 0) is 42.2 Å². The van der Waals surface area contributed by atoms with Crippen LogP contribution >= 0.6 is 0 Å². The topological polar surface area (TPSA) is 81.8 Å². The molecular formula is C22H26N2O4. The van der Waals surface area contributed by atoms with Crippen molar-refractivity contribution in [3.63, 3.8) is 0 Å². The maximum absolute atomic E-state index is 11.7. The molecule has 28 heavy (non-hydrogen) atoms. The number of carbonyl (C=O) groups excluding carboxylic acids is 1. The number of non-ortho nitro benzene ring substituents is 1. The fourth-order valence-electron chi connectivity index (χ4n) is 2.77. The van der Waals surface area contributed by atoms with Gasteiger partial charge in [-0.2, -0.15) is 0 Å². The van der Waals surface area contributed by atoms with Gasteiger partial charge in [0.25, 0.3) is 5.69 Å². The number of nitro groups is 1. The van der Waals surface area contributed by atoms with Crippen LogP contribution in [0.4, 0.5) is 5.69 Å². The molecule has 0 N–H and O–H groups in total. The number of oxime groups is 1. The van der Waals surface area contributed by atoms with Crippen molar-refractivity contribution in [1.29, 1.82) is 0 Å². The van der Waals surface area contributed by atoms with E-state index >= 15 is 0 Å². The fraction of sp³-hybridized carbons (Fsp3) is 0.364. The molecule has 0 heterocycles. The van der Waals surface area contributed by atoms with Crippen LogP contribution in [0.3, 0.4) is 0 Å². The molecule has 0 unspecified atom stereocenters. The average Bonchev–Trinajstić information content (AvgIpc) is 2.72. The molecule has 0 saturated carbocycles. The second kappa shape index (κ2) is 11.0. The van der Waals surface area contributed by atoms with Crippen LogP contribution in [0.15, 0.2) is 53.7 Å². The number of carbonyl (C=O) groups is 1. The first kappa shape index (κ1) is 21.3. The Balaban J connectivity index is 1.90. The lowest BCUT2D eigenvalue weighted by Crippen LogP contribution is -2.03. The molecule has 0 aliphatic rings. The summed E-state index contributed by atoms with van der Waals surface area (Å²) in [5.41, 5.74) is 3.36. The minimum absolute atomic E-state index is 0.0653. The zero-order chi connectivity index (χ0) is 20.4. The van der Waals surface area contributed by atoms with Gasteiger partial charge in [0.2, 0.25) is 0 Å². The van der Waals surface area contributed by atoms with E-state index in [0.29, 0.717) is 12.1 Å². The summed E-state index contributed by atoms with van der Waals surface area (Å²) in [5, 5.41) is 14.7. The molecule has 2 aromatic carbocycles. The van der Waals surface area contributed by atoms with E-state index in [4.69, 9.17) is 4.84 Å². The quantitative estimate of drug-likeness (QED) is 0.169. The van der Waals surface area contributed by atoms with Gasteiger partial charge < -0.3 is 4.84 Å². The van der Waals surface area contributed by atoms with Crippen molar-refractivity contribution in [3.8, 4) is 11.1 Å².